The summed E-state index contributed by atoms with van der Waals surface area (Å²) in [6, 6.07) is 10.5. The Hall–Kier alpha value is -8.18. The van der Waals surface area contributed by atoms with Crippen LogP contribution in [0.25, 0.3) is 22.3 Å². The van der Waals surface area contributed by atoms with Crippen molar-refractivity contribution >= 4 is 64.1 Å². The first-order chi connectivity index (χ1) is 38.4. The van der Waals surface area contributed by atoms with E-state index < -0.39 is 90.3 Å². The number of hydrogen-bond acceptors (Lipinski definition) is 14. The molecule has 1 saturated carbocycles. The van der Waals surface area contributed by atoms with Crippen molar-refractivity contribution in [3.8, 4) is 11.4 Å². The molecule has 2 aliphatic carbocycles. The van der Waals surface area contributed by atoms with Crippen LogP contribution in [0.3, 0.4) is 0 Å². The molecule has 9 rings (SSSR count). The quantitative estimate of drug-likeness (QED) is 0.0222. The number of nitrogens with one attached hydrogen (secondary N) is 5. The third-order valence-electron chi connectivity index (χ3n) is 15.7. The largest absolute Gasteiger partial charge is 0.458 e. The number of nitrogens with zero attached hydrogens (tertiary/aromatic N) is 4. The van der Waals surface area contributed by atoms with Crippen molar-refractivity contribution < 1.29 is 62.1 Å². The van der Waals surface area contributed by atoms with E-state index in [2.05, 4.69) is 26.6 Å². The SMILES string of the molecule is CC[C@@]1(O)C(=O)OCc2c1cc1n(c2=O)Cc2c-1nc1cc(F)c(C)c3c1c2[C@@H](N(C)C(=O)[C@@H](OCNC(=O)CNC(=O)[C@H](CCc1ccccc1)NC(=O)CNC(=O)CNC(=O)CCCCCN1C(=O)C=CC1=O)C1CC1)CC3. The highest BCUT2D eigenvalue weighted by molar-refractivity contribution is 6.12. The molecule has 0 unspecified atom stereocenters. The van der Waals surface area contributed by atoms with Gasteiger partial charge >= 0.3 is 5.97 Å². The Balaban J connectivity index is 0.790. The topological polar surface area (TPSA) is 294 Å². The van der Waals surface area contributed by atoms with E-state index in [4.69, 9.17) is 14.5 Å². The van der Waals surface area contributed by atoms with Gasteiger partial charge in [-0.2, -0.15) is 0 Å². The normalized spacial score (nSPS) is 18.4. The van der Waals surface area contributed by atoms with E-state index in [0.717, 1.165) is 16.0 Å². The Labute approximate surface area is 459 Å². The molecule has 6 N–H and O–H groups in total. The van der Waals surface area contributed by atoms with Crippen LogP contribution < -0.4 is 32.1 Å². The number of unbranched alkanes of at least 4 members (excludes halogenated alkanes) is 2. The van der Waals surface area contributed by atoms with Crippen LogP contribution in [0.1, 0.15) is 110 Å². The molecular weight excluding hydrogens is 1040 g/mol. The third kappa shape index (κ3) is 11.9. The van der Waals surface area contributed by atoms with Gasteiger partial charge in [-0.1, -0.05) is 43.7 Å². The van der Waals surface area contributed by atoms with Gasteiger partial charge < -0.3 is 50.6 Å². The van der Waals surface area contributed by atoms with E-state index in [1.165, 1.54) is 22.8 Å². The third-order valence-corrected chi connectivity index (χ3v) is 15.7. The molecule has 5 heterocycles. The molecule has 3 aliphatic heterocycles. The smallest absolute Gasteiger partial charge is 0.343 e. The molecule has 0 saturated heterocycles. The number of benzene rings is 2. The summed E-state index contributed by atoms with van der Waals surface area (Å²) in [4.78, 5) is 137. The second-order valence-electron chi connectivity index (χ2n) is 20.9. The molecular formula is C57H64FN9O13. The number of imide groups is 1. The minimum Gasteiger partial charge on any atom is -0.458 e. The molecule has 23 heteroatoms. The van der Waals surface area contributed by atoms with E-state index in [0.29, 0.717) is 90.3 Å². The van der Waals surface area contributed by atoms with Gasteiger partial charge in [-0.05, 0) is 98.9 Å². The number of aryl methyl sites for hydroxylation is 2. The maximum Gasteiger partial charge on any atom is 0.343 e. The number of esters is 1. The van der Waals surface area contributed by atoms with Crippen molar-refractivity contribution in [3.05, 3.63) is 110 Å². The Kier molecular flexibility index (Phi) is 17.0. The summed E-state index contributed by atoms with van der Waals surface area (Å²) < 4.78 is 28.5. The molecule has 422 valence electrons. The lowest BCUT2D eigenvalue weighted by molar-refractivity contribution is -0.172. The fourth-order valence-electron chi connectivity index (χ4n) is 11.0. The minimum absolute atomic E-state index is 0.0469. The van der Waals surface area contributed by atoms with Crippen LogP contribution in [0.2, 0.25) is 0 Å². The summed E-state index contributed by atoms with van der Waals surface area (Å²) in [5.41, 5.74) is 2.27. The molecule has 4 aromatic rings. The number of cyclic esters (lactones) is 1. The van der Waals surface area contributed by atoms with Gasteiger partial charge in [0.2, 0.25) is 29.5 Å². The number of aromatic nitrogens is 2. The number of amides is 8. The summed E-state index contributed by atoms with van der Waals surface area (Å²) in [5, 5.41) is 24.8. The molecule has 4 atom stereocenters. The molecule has 0 bridgehead atoms. The number of rotatable bonds is 24. The monoisotopic (exact) mass is 1100 g/mol. The molecule has 8 amide bonds. The van der Waals surface area contributed by atoms with Crippen LogP contribution in [0.4, 0.5) is 4.39 Å². The number of ether oxygens (including phenoxy) is 2. The summed E-state index contributed by atoms with van der Waals surface area (Å²) in [7, 11) is 1.66. The number of hydrogen-bond donors (Lipinski definition) is 6. The number of pyridine rings is 2. The highest BCUT2D eigenvalue weighted by Gasteiger charge is 2.47. The first kappa shape index (κ1) is 56.5. The molecule has 80 heavy (non-hydrogen) atoms. The first-order valence-corrected chi connectivity index (χ1v) is 27.0. The predicted octanol–water partition coefficient (Wildman–Crippen LogP) is 1.79. The molecule has 1 fully saturated rings. The van der Waals surface area contributed by atoms with Gasteiger partial charge in [0, 0.05) is 54.7 Å². The summed E-state index contributed by atoms with van der Waals surface area (Å²) in [6.07, 6.45) is 5.80. The van der Waals surface area contributed by atoms with Crippen molar-refractivity contribution in [1.82, 2.24) is 45.9 Å². The van der Waals surface area contributed by atoms with Crippen LogP contribution in [-0.2, 0) is 84.2 Å². The molecule has 2 aromatic carbocycles. The lowest BCUT2D eigenvalue weighted by Gasteiger charge is -2.36. The van der Waals surface area contributed by atoms with E-state index in [-0.39, 0.29) is 80.5 Å². The predicted molar refractivity (Wildman–Crippen MR) is 284 cm³/mol. The fraction of sp³-hybridized carbons (Fsp3) is 0.456. The van der Waals surface area contributed by atoms with Crippen LogP contribution >= 0.6 is 0 Å². The highest BCUT2D eigenvalue weighted by Crippen LogP contribution is 2.48. The number of likely N-dealkylation sites (N-methyl/N-ethyl adjacent to an activating group) is 1. The maximum atomic E-state index is 15.6. The second-order valence-corrected chi connectivity index (χ2v) is 20.9. The van der Waals surface area contributed by atoms with Gasteiger partial charge in [-0.25, -0.2) is 14.2 Å². The van der Waals surface area contributed by atoms with Gasteiger partial charge in [0.1, 0.15) is 31.3 Å². The van der Waals surface area contributed by atoms with Crippen molar-refractivity contribution in [2.75, 3.05) is 40.0 Å². The fourth-order valence-corrected chi connectivity index (χ4v) is 11.0. The average Bonchev–Trinajstić information content (AvgIpc) is 4.20. The number of carbonyl (C=O) groups is 9. The summed E-state index contributed by atoms with van der Waals surface area (Å²) in [5.74, 6) is -5.62. The number of carbonyl (C=O) groups excluding carboxylic acids is 9. The van der Waals surface area contributed by atoms with Crippen LogP contribution in [-0.4, -0.2) is 130 Å². The van der Waals surface area contributed by atoms with Gasteiger partial charge in [0.15, 0.2) is 5.60 Å². The van der Waals surface area contributed by atoms with Crippen molar-refractivity contribution in [3.63, 3.8) is 0 Å². The Morgan fingerprint density at radius 2 is 1.57 bits per heavy atom. The van der Waals surface area contributed by atoms with Crippen molar-refractivity contribution in [2.45, 2.75) is 121 Å². The molecule has 0 radical (unpaired) electrons. The lowest BCUT2D eigenvalue weighted by Crippen LogP contribution is -2.51. The van der Waals surface area contributed by atoms with Gasteiger partial charge in [-0.3, -0.25) is 48.1 Å². The standard InChI is InChI=1S/C57H64FN9O13/c1-4-57(78)37-23-42-51-35(28-67(42)54(75)36(37)29-79-56(57)77)50-41(19-17-34-31(2)38(58)24-40(64-51)49(34)50)65(3)55(76)52(33-15-16-33)80-30-62-45(70)26-61-53(74)39(18-14-32-11-7-5-8-12-32)63-46(71)27-60-44(69)25-59-43(68)13-9-6-10-22-66-47(72)20-21-48(66)73/h5,7-8,11-12,20-21,23-24,33,39,41,52,78H,4,6,9-10,13-19,22,25-30H2,1-3H3,(H,59,68)(H,60,69)(H,61,74)(H,62,70)(H,63,71)/t39-,41-,52-,57-/m0/s1. The Morgan fingerprint density at radius 3 is 2.30 bits per heavy atom. The molecule has 22 nitrogen and oxygen atoms in total. The Morgan fingerprint density at radius 1 is 0.875 bits per heavy atom. The first-order valence-electron chi connectivity index (χ1n) is 27.0. The summed E-state index contributed by atoms with van der Waals surface area (Å²) in [6.45, 7) is 1.51. The van der Waals surface area contributed by atoms with Crippen LogP contribution in [0, 0.1) is 18.7 Å². The lowest BCUT2D eigenvalue weighted by atomic mass is 9.81. The summed E-state index contributed by atoms with van der Waals surface area (Å²) >= 11 is 0. The van der Waals surface area contributed by atoms with Gasteiger partial charge in [0.25, 0.3) is 23.3 Å². The van der Waals surface area contributed by atoms with Gasteiger partial charge in [0.05, 0.1) is 54.7 Å². The maximum absolute atomic E-state index is 15.6. The van der Waals surface area contributed by atoms with E-state index in [9.17, 15) is 53.1 Å². The van der Waals surface area contributed by atoms with Crippen molar-refractivity contribution in [2.24, 2.45) is 5.92 Å². The number of aliphatic hydroxyl groups is 1. The minimum atomic E-state index is -2.06. The zero-order valence-corrected chi connectivity index (χ0v) is 44.7. The van der Waals surface area contributed by atoms with E-state index in [1.807, 2.05) is 30.3 Å². The Bertz CT molecular complexity index is 3270. The van der Waals surface area contributed by atoms with Gasteiger partial charge in [-0.15, -0.1) is 0 Å². The zero-order valence-electron chi connectivity index (χ0n) is 44.7. The average molecular weight is 1100 g/mol. The molecule has 5 aliphatic rings. The van der Waals surface area contributed by atoms with Crippen LogP contribution in [0.5, 0.6) is 0 Å². The van der Waals surface area contributed by atoms with Crippen molar-refractivity contribution in [1.29, 1.82) is 0 Å². The number of halogens is 1. The highest BCUT2D eigenvalue weighted by atomic mass is 19.1. The van der Waals surface area contributed by atoms with E-state index >= 15 is 4.39 Å². The second kappa shape index (κ2) is 24.0. The molecule has 2 aromatic heterocycles. The van der Waals surface area contributed by atoms with Crippen LogP contribution in [0.15, 0.2) is 59.4 Å². The number of fused-ring (bicyclic) bond motifs is 5. The van der Waals surface area contributed by atoms with E-state index in [1.54, 1.807) is 31.9 Å². The molecule has 0 spiro atoms. The zero-order chi connectivity index (χ0) is 57.0.